The van der Waals surface area contributed by atoms with Gasteiger partial charge in [0.05, 0.1) is 22.7 Å². The molecule has 4 aromatic rings. The van der Waals surface area contributed by atoms with Crippen LogP contribution in [0.5, 0.6) is 5.75 Å². The number of aromatic nitrogens is 1. The van der Waals surface area contributed by atoms with E-state index in [4.69, 9.17) is 0 Å². The second-order valence-corrected chi connectivity index (χ2v) is 7.76. The number of hydrogen-bond acceptors (Lipinski definition) is 5. The number of aromatic hydroxyl groups is 1. The molecule has 1 atom stereocenters. The molecule has 3 aromatic carbocycles. The molecule has 6 nitrogen and oxygen atoms in total. The zero-order valence-electron chi connectivity index (χ0n) is 15.9. The van der Waals surface area contributed by atoms with Gasteiger partial charge in [-0.2, -0.15) is 0 Å². The Balaban J connectivity index is 1.50. The highest BCUT2D eigenvalue weighted by molar-refractivity contribution is 7.22. The van der Waals surface area contributed by atoms with E-state index in [-0.39, 0.29) is 24.0 Å². The van der Waals surface area contributed by atoms with Gasteiger partial charge in [-0.3, -0.25) is 9.59 Å². The van der Waals surface area contributed by atoms with Crippen molar-refractivity contribution in [1.82, 2.24) is 10.3 Å². The molecule has 1 unspecified atom stereocenters. The summed E-state index contributed by atoms with van der Waals surface area (Å²) < 4.78 is 0.780. The number of carbonyl (C=O) groups is 2. The predicted molar refractivity (Wildman–Crippen MR) is 118 cm³/mol. The Kier molecular flexibility index (Phi) is 5.72. The SMILES string of the molecule is O=C(CC(NC(=O)c1ccccc1)c1ccccc1)Nc1nc2ccc(O)cc2s1. The van der Waals surface area contributed by atoms with Gasteiger partial charge in [0.1, 0.15) is 5.75 Å². The second kappa shape index (κ2) is 8.75. The topological polar surface area (TPSA) is 91.3 Å². The third kappa shape index (κ3) is 4.64. The Hall–Kier alpha value is -3.71. The molecule has 30 heavy (non-hydrogen) atoms. The first-order chi connectivity index (χ1) is 14.6. The molecule has 0 radical (unpaired) electrons. The van der Waals surface area contributed by atoms with Crippen molar-refractivity contribution in [3.63, 3.8) is 0 Å². The molecule has 0 saturated carbocycles. The van der Waals surface area contributed by atoms with Crippen molar-refractivity contribution >= 4 is 38.5 Å². The number of carbonyl (C=O) groups excluding carboxylic acids is 2. The van der Waals surface area contributed by atoms with Gasteiger partial charge >= 0.3 is 0 Å². The number of phenols is 1. The van der Waals surface area contributed by atoms with Gasteiger partial charge in [0.2, 0.25) is 5.91 Å². The smallest absolute Gasteiger partial charge is 0.251 e. The first kappa shape index (κ1) is 19.6. The highest BCUT2D eigenvalue weighted by atomic mass is 32.1. The molecule has 0 bridgehead atoms. The molecule has 150 valence electrons. The molecular formula is C23H19N3O3S. The summed E-state index contributed by atoms with van der Waals surface area (Å²) in [5, 5.41) is 15.8. The van der Waals surface area contributed by atoms with Crippen LogP contribution in [-0.2, 0) is 4.79 Å². The van der Waals surface area contributed by atoms with E-state index in [0.29, 0.717) is 16.2 Å². The molecule has 1 aromatic heterocycles. The van der Waals surface area contributed by atoms with Crippen LogP contribution in [0.3, 0.4) is 0 Å². The zero-order valence-corrected chi connectivity index (χ0v) is 16.7. The number of amides is 2. The molecule has 7 heteroatoms. The van der Waals surface area contributed by atoms with E-state index in [0.717, 1.165) is 10.3 Å². The van der Waals surface area contributed by atoms with Crippen LogP contribution in [0.2, 0.25) is 0 Å². The Labute approximate surface area is 177 Å². The van der Waals surface area contributed by atoms with Gasteiger partial charge in [0.15, 0.2) is 5.13 Å². The maximum Gasteiger partial charge on any atom is 0.251 e. The van der Waals surface area contributed by atoms with Crippen LogP contribution in [0.4, 0.5) is 5.13 Å². The standard InChI is InChI=1S/C23H19N3O3S/c27-17-11-12-18-20(13-17)30-23(25-18)26-21(28)14-19(15-7-3-1-4-8-15)24-22(29)16-9-5-2-6-10-16/h1-13,19,27H,14H2,(H,24,29)(H,25,26,28). The van der Waals surface area contributed by atoms with Gasteiger partial charge in [-0.05, 0) is 35.9 Å². The van der Waals surface area contributed by atoms with Crippen molar-refractivity contribution in [3.8, 4) is 5.75 Å². The summed E-state index contributed by atoms with van der Waals surface area (Å²) in [6, 6.07) is 22.6. The lowest BCUT2D eigenvalue weighted by molar-refractivity contribution is -0.116. The van der Waals surface area contributed by atoms with E-state index < -0.39 is 6.04 Å². The molecule has 0 aliphatic carbocycles. The van der Waals surface area contributed by atoms with Crippen LogP contribution >= 0.6 is 11.3 Å². The number of benzene rings is 3. The highest BCUT2D eigenvalue weighted by Crippen LogP contribution is 2.29. The third-order valence-corrected chi connectivity index (χ3v) is 5.48. The number of hydrogen-bond donors (Lipinski definition) is 3. The summed E-state index contributed by atoms with van der Waals surface area (Å²) in [4.78, 5) is 29.7. The molecule has 1 heterocycles. The van der Waals surface area contributed by atoms with E-state index in [2.05, 4.69) is 15.6 Å². The van der Waals surface area contributed by atoms with E-state index in [1.54, 1.807) is 42.5 Å². The summed E-state index contributed by atoms with van der Waals surface area (Å²) in [5.41, 5.74) is 2.07. The molecule has 0 fully saturated rings. The highest BCUT2D eigenvalue weighted by Gasteiger charge is 2.20. The Bertz CT molecular complexity index is 1180. The van der Waals surface area contributed by atoms with E-state index in [1.165, 1.54) is 11.3 Å². The average molecular weight is 417 g/mol. The lowest BCUT2D eigenvalue weighted by Gasteiger charge is -2.19. The minimum Gasteiger partial charge on any atom is -0.508 e. The van der Waals surface area contributed by atoms with Crippen LogP contribution in [0.15, 0.2) is 78.9 Å². The largest absolute Gasteiger partial charge is 0.508 e. The van der Waals surface area contributed by atoms with Crippen molar-refractivity contribution in [2.75, 3.05) is 5.32 Å². The molecule has 4 rings (SSSR count). The van der Waals surface area contributed by atoms with Gasteiger partial charge in [-0.15, -0.1) is 0 Å². The van der Waals surface area contributed by atoms with E-state index in [1.807, 2.05) is 36.4 Å². The van der Waals surface area contributed by atoms with Crippen LogP contribution in [-0.4, -0.2) is 21.9 Å². The van der Waals surface area contributed by atoms with Gasteiger partial charge < -0.3 is 15.7 Å². The predicted octanol–water partition coefficient (Wildman–Crippen LogP) is 4.50. The zero-order chi connectivity index (χ0) is 20.9. The number of nitrogens with one attached hydrogen (secondary N) is 2. The molecule has 3 N–H and O–H groups in total. The van der Waals surface area contributed by atoms with Crippen molar-refractivity contribution in [2.24, 2.45) is 0 Å². The summed E-state index contributed by atoms with van der Waals surface area (Å²) in [6.45, 7) is 0. The summed E-state index contributed by atoms with van der Waals surface area (Å²) in [5.74, 6) is -0.356. The molecule has 0 spiro atoms. The van der Waals surface area contributed by atoms with Crippen LogP contribution < -0.4 is 10.6 Å². The summed E-state index contributed by atoms with van der Waals surface area (Å²) >= 11 is 1.28. The van der Waals surface area contributed by atoms with Gasteiger partial charge in [0.25, 0.3) is 5.91 Å². The Morgan fingerprint density at radius 1 is 0.967 bits per heavy atom. The van der Waals surface area contributed by atoms with Crippen molar-refractivity contribution < 1.29 is 14.7 Å². The molecule has 0 saturated heterocycles. The lowest BCUT2D eigenvalue weighted by atomic mass is 10.0. The third-order valence-electron chi connectivity index (χ3n) is 4.55. The van der Waals surface area contributed by atoms with E-state index in [9.17, 15) is 14.7 Å². The molecule has 0 aliphatic rings. The first-order valence-corrected chi connectivity index (χ1v) is 10.2. The van der Waals surface area contributed by atoms with Gasteiger partial charge in [-0.25, -0.2) is 4.98 Å². The number of nitrogens with zero attached hydrogens (tertiary/aromatic N) is 1. The maximum atomic E-state index is 12.7. The number of rotatable bonds is 6. The summed E-state index contributed by atoms with van der Waals surface area (Å²) in [7, 11) is 0. The van der Waals surface area contributed by atoms with Gasteiger partial charge in [-0.1, -0.05) is 59.9 Å². The van der Waals surface area contributed by atoms with Crippen LogP contribution in [0, 0.1) is 0 Å². The minimum atomic E-state index is -0.489. The van der Waals surface area contributed by atoms with E-state index >= 15 is 0 Å². The normalized spacial score (nSPS) is 11.7. The fraction of sp³-hybridized carbons (Fsp3) is 0.0870. The monoisotopic (exact) mass is 417 g/mol. The fourth-order valence-electron chi connectivity index (χ4n) is 3.09. The quantitative estimate of drug-likeness (QED) is 0.431. The lowest BCUT2D eigenvalue weighted by Crippen LogP contribution is -2.31. The number of phenolic OH excluding ortho intramolecular Hbond substituents is 1. The average Bonchev–Trinajstić information content (AvgIpc) is 3.15. The number of anilines is 1. The number of fused-ring (bicyclic) bond motifs is 1. The van der Waals surface area contributed by atoms with Gasteiger partial charge in [0, 0.05) is 5.56 Å². The fourth-order valence-corrected chi connectivity index (χ4v) is 4.01. The molecule has 2 amide bonds. The minimum absolute atomic E-state index is 0.0593. The summed E-state index contributed by atoms with van der Waals surface area (Å²) in [6.07, 6.45) is 0.0593. The van der Waals surface area contributed by atoms with Crippen LogP contribution in [0.1, 0.15) is 28.4 Å². The maximum absolute atomic E-state index is 12.7. The Morgan fingerprint density at radius 2 is 1.67 bits per heavy atom. The molecular weight excluding hydrogens is 398 g/mol. The van der Waals surface area contributed by atoms with Crippen molar-refractivity contribution in [3.05, 3.63) is 90.0 Å². The van der Waals surface area contributed by atoms with Crippen molar-refractivity contribution in [1.29, 1.82) is 0 Å². The second-order valence-electron chi connectivity index (χ2n) is 6.73. The Morgan fingerprint density at radius 3 is 2.40 bits per heavy atom. The molecule has 0 aliphatic heterocycles. The number of thiazole rings is 1. The first-order valence-electron chi connectivity index (χ1n) is 9.39. The van der Waals surface area contributed by atoms with Crippen molar-refractivity contribution in [2.45, 2.75) is 12.5 Å². The van der Waals surface area contributed by atoms with Crippen LogP contribution in [0.25, 0.3) is 10.2 Å².